The molecular formula is C17H22Cl2N2. The van der Waals surface area contributed by atoms with Gasteiger partial charge in [-0.2, -0.15) is 0 Å². The molecular weight excluding hydrogens is 303 g/mol. The molecule has 0 bridgehead atoms. The zero-order valence-corrected chi connectivity index (χ0v) is 14.0. The highest BCUT2D eigenvalue weighted by atomic mass is 35.5. The third kappa shape index (κ3) is 3.37. The first kappa shape index (κ1) is 15.2. The molecule has 1 aromatic heterocycles. The van der Waals surface area contributed by atoms with Crippen molar-refractivity contribution in [3.05, 3.63) is 29.0 Å². The maximum atomic E-state index is 6.31. The van der Waals surface area contributed by atoms with E-state index in [9.17, 15) is 0 Å². The summed E-state index contributed by atoms with van der Waals surface area (Å²) in [6, 6.07) is 5.87. The fraction of sp³-hybridized carbons (Fsp3) is 0.588. The highest BCUT2D eigenvalue weighted by molar-refractivity contribution is 6.31. The summed E-state index contributed by atoms with van der Waals surface area (Å²) in [7, 11) is 0. The van der Waals surface area contributed by atoms with Crippen LogP contribution in [0.4, 0.5) is 0 Å². The van der Waals surface area contributed by atoms with Crippen molar-refractivity contribution in [2.45, 2.75) is 57.4 Å². The van der Waals surface area contributed by atoms with Gasteiger partial charge in [0.25, 0.3) is 0 Å². The minimum Gasteiger partial charge on any atom is -0.327 e. The maximum absolute atomic E-state index is 6.31. The van der Waals surface area contributed by atoms with Crippen molar-refractivity contribution >= 4 is 34.2 Å². The van der Waals surface area contributed by atoms with Crippen molar-refractivity contribution in [3.8, 4) is 0 Å². The highest BCUT2D eigenvalue weighted by Crippen LogP contribution is 2.30. The summed E-state index contributed by atoms with van der Waals surface area (Å²) >= 11 is 12.5. The molecule has 1 aromatic carbocycles. The van der Waals surface area contributed by atoms with Crippen molar-refractivity contribution in [2.75, 3.05) is 0 Å². The Kier molecular flexibility index (Phi) is 4.75. The normalized spacial score (nSPS) is 17.7. The van der Waals surface area contributed by atoms with Crippen LogP contribution < -0.4 is 0 Å². The second-order valence-electron chi connectivity index (χ2n) is 6.16. The SMILES string of the molecule is CC(Cl)c1nc2ccc(Cl)cc2n1CCCC1CCCC1. The van der Waals surface area contributed by atoms with E-state index < -0.39 is 0 Å². The summed E-state index contributed by atoms with van der Waals surface area (Å²) in [6.45, 7) is 2.97. The average Bonchev–Trinajstić information content (AvgIpc) is 3.07. The predicted molar refractivity (Wildman–Crippen MR) is 90.2 cm³/mol. The molecule has 0 saturated heterocycles. The van der Waals surface area contributed by atoms with Crippen LogP contribution in [0, 0.1) is 5.92 Å². The zero-order chi connectivity index (χ0) is 14.8. The van der Waals surface area contributed by atoms with E-state index in [4.69, 9.17) is 23.2 Å². The second-order valence-corrected chi connectivity index (χ2v) is 7.25. The van der Waals surface area contributed by atoms with Crippen molar-refractivity contribution in [2.24, 2.45) is 5.92 Å². The van der Waals surface area contributed by atoms with E-state index in [0.717, 1.165) is 34.3 Å². The minimum absolute atomic E-state index is 0.0809. The van der Waals surface area contributed by atoms with Gasteiger partial charge in [0.1, 0.15) is 5.82 Å². The molecule has 2 aromatic rings. The third-order valence-corrected chi connectivity index (χ3v) is 4.99. The number of benzene rings is 1. The number of aryl methyl sites for hydroxylation is 1. The Balaban J connectivity index is 1.80. The van der Waals surface area contributed by atoms with Gasteiger partial charge in [0.15, 0.2) is 0 Å². The van der Waals surface area contributed by atoms with Crippen LogP contribution in [-0.4, -0.2) is 9.55 Å². The molecule has 0 amide bonds. The van der Waals surface area contributed by atoms with Crippen LogP contribution in [-0.2, 0) is 6.54 Å². The van der Waals surface area contributed by atoms with E-state index in [1.807, 2.05) is 25.1 Å². The van der Waals surface area contributed by atoms with Crippen LogP contribution >= 0.6 is 23.2 Å². The molecule has 0 aliphatic heterocycles. The molecule has 0 radical (unpaired) electrons. The van der Waals surface area contributed by atoms with E-state index in [1.165, 1.54) is 38.5 Å². The largest absolute Gasteiger partial charge is 0.327 e. The fourth-order valence-electron chi connectivity index (χ4n) is 3.49. The molecule has 2 nitrogen and oxygen atoms in total. The van der Waals surface area contributed by atoms with Gasteiger partial charge in [0.2, 0.25) is 0 Å². The number of hydrogen-bond acceptors (Lipinski definition) is 1. The van der Waals surface area contributed by atoms with Gasteiger partial charge < -0.3 is 4.57 Å². The molecule has 1 saturated carbocycles. The Hall–Kier alpha value is -0.730. The van der Waals surface area contributed by atoms with Gasteiger partial charge in [-0.25, -0.2) is 4.98 Å². The molecule has 21 heavy (non-hydrogen) atoms. The fourth-order valence-corrected chi connectivity index (χ4v) is 3.82. The number of nitrogens with zero attached hydrogens (tertiary/aromatic N) is 2. The molecule has 1 aliphatic carbocycles. The molecule has 0 N–H and O–H groups in total. The van der Waals surface area contributed by atoms with Crippen LogP contribution in [0.1, 0.15) is 56.7 Å². The molecule has 4 heteroatoms. The first-order valence-corrected chi connectivity index (χ1v) is 8.76. The topological polar surface area (TPSA) is 17.8 Å². The van der Waals surface area contributed by atoms with Crippen LogP contribution in [0.3, 0.4) is 0 Å². The monoisotopic (exact) mass is 324 g/mol. The molecule has 3 rings (SSSR count). The summed E-state index contributed by atoms with van der Waals surface area (Å²) in [5.41, 5.74) is 2.10. The minimum atomic E-state index is -0.0809. The molecule has 0 spiro atoms. The van der Waals surface area contributed by atoms with Crippen LogP contribution in [0.25, 0.3) is 11.0 Å². The molecule has 1 fully saturated rings. The quantitative estimate of drug-likeness (QED) is 0.620. The number of alkyl halides is 1. The smallest absolute Gasteiger partial charge is 0.127 e. The molecule has 1 unspecified atom stereocenters. The number of aromatic nitrogens is 2. The van der Waals surface area contributed by atoms with Crippen molar-refractivity contribution in [3.63, 3.8) is 0 Å². The van der Waals surface area contributed by atoms with E-state index in [0.29, 0.717) is 0 Å². The van der Waals surface area contributed by atoms with Gasteiger partial charge >= 0.3 is 0 Å². The Bertz CT molecular complexity index is 613. The maximum Gasteiger partial charge on any atom is 0.127 e. The van der Waals surface area contributed by atoms with Crippen molar-refractivity contribution in [1.82, 2.24) is 9.55 Å². The summed E-state index contributed by atoms with van der Waals surface area (Å²) < 4.78 is 2.26. The lowest BCUT2D eigenvalue weighted by atomic mass is 10.0. The van der Waals surface area contributed by atoms with Gasteiger partial charge in [-0.3, -0.25) is 0 Å². The van der Waals surface area contributed by atoms with E-state index >= 15 is 0 Å². The standard InChI is InChI=1S/C17H22Cl2N2/c1-12(18)17-20-15-9-8-14(19)11-16(15)21(17)10-4-7-13-5-2-3-6-13/h8-9,11-13H,2-7,10H2,1H3. The van der Waals surface area contributed by atoms with Crippen LogP contribution in [0.5, 0.6) is 0 Å². The number of fused-ring (bicyclic) bond motifs is 1. The van der Waals surface area contributed by atoms with Gasteiger partial charge in [0.05, 0.1) is 16.4 Å². The van der Waals surface area contributed by atoms with Crippen LogP contribution in [0.2, 0.25) is 5.02 Å². The highest BCUT2D eigenvalue weighted by Gasteiger charge is 2.17. The lowest BCUT2D eigenvalue weighted by Crippen LogP contribution is -2.06. The van der Waals surface area contributed by atoms with Crippen molar-refractivity contribution < 1.29 is 0 Å². The Morgan fingerprint density at radius 1 is 1.33 bits per heavy atom. The number of imidazole rings is 1. The first-order valence-electron chi connectivity index (χ1n) is 7.95. The summed E-state index contributed by atoms with van der Waals surface area (Å²) in [5.74, 6) is 1.89. The van der Waals surface area contributed by atoms with E-state index in [2.05, 4.69) is 9.55 Å². The summed E-state index contributed by atoms with van der Waals surface area (Å²) in [5, 5.41) is 0.677. The number of halogens is 2. The molecule has 1 heterocycles. The number of hydrogen-bond donors (Lipinski definition) is 0. The molecule has 114 valence electrons. The van der Waals surface area contributed by atoms with Gasteiger partial charge in [-0.1, -0.05) is 37.3 Å². The first-order chi connectivity index (χ1) is 10.1. The Morgan fingerprint density at radius 2 is 2.10 bits per heavy atom. The lowest BCUT2D eigenvalue weighted by Gasteiger charge is -2.13. The predicted octanol–water partition coefficient (Wildman–Crippen LogP) is 5.96. The van der Waals surface area contributed by atoms with E-state index in [1.54, 1.807) is 0 Å². The van der Waals surface area contributed by atoms with Crippen molar-refractivity contribution in [1.29, 1.82) is 0 Å². The average molecular weight is 325 g/mol. The summed E-state index contributed by atoms with van der Waals surface area (Å²) in [6.07, 6.45) is 8.16. The van der Waals surface area contributed by atoms with E-state index in [-0.39, 0.29) is 5.38 Å². The van der Waals surface area contributed by atoms with Crippen LogP contribution in [0.15, 0.2) is 18.2 Å². The summed E-state index contributed by atoms with van der Waals surface area (Å²) in [4.78, 5) is 4.68. The Labute approximate surface area is 136 Å². The number of rotatable bonds is 5. The van der Waals surface area contributed by atoms with Gasteiger partial charge in [-0.05, 0) is 43.9 Å². The Morgan fingerprint density at radius 3 is 2.81 bits per heavy atom. The zero-order valence-electron chi connectivity index (χ0n) is 12.5. The molecule has 1 aliphatic rings. The van der Waals surface area contributed by atoms with Gasteiger partial charge in [-0.15, -0.1) is 11.6 Å². The molecule has 1 atom stereocenters. The van der Waals surface area contributed by atoms with Gasteiger partial charge in [0, 0.05) is 11.6 Å². The second kappa shape index (κ2) is 6.58. The third-order valence-electron chi connectivity index (χ3n) is 4.56. The lowest BCUT2D eigenvalue weighted by molar-refractivity contribution is 0.457.